The van der Waals surface area contributed by atoms with Crippen LogP contribution >= 0.6 is 0 Å². The smallest absolute Gasteiger partial charge is 0.234 e. The largest absolute Gasteiger partial charge is 0.330 e. The first-order valence-corrected chi connectivity index (χ1v) is 9.51. The van der Waals surface area contributed by atoms with Crippen LogP contribution in [0.15, 0.2) is 9.98 Å². The van der Waals surface area contributed by atoms with Crippen LogP contribution in [0.2, 0.25) is 0 Å². The van der Waals surface area contributed by atoms with E-state index in [4.69, 9.17) is 11.5 Å². The van der Waals surface area contributed by atoms with Crippen molar-refractivity contribution in [1.29, 1.82) is 0 Å². The van der Waals surface area contributed by atoms with Gasteiger partial charge < -0.3 is 11.5 Å². The number of isocyanates is 2. The molecular weight excluding hydrogens is 328 g/mol. The van der Waals surface area contributed by atoms with E-state index in [1.807, 2.05) is 0 Å². The van der Waals surface area contributed by atoms with Crippen molar-refractivity contribution >= 4 is 12.2 Å². The second kappa shape index (κ2) is 14.8. The molecule has 26 heavy (non-hydrogen) atoms. The standard InChI is InChI=1S/C11H18N2O2.C9H22N2/c1-10(4-5-12-8-14)6-11(2,3)7-13-9-15;1-8(4-5-10)6-9(2,3)7-11/h10H,4-7H2,1-3H3;8H,4-7,10-11H2,1-3H3. The fraction of sp³-hybridized carbons (Fsp3) is 0.900. The first-order chi connectivity index (χ1) is 12.0. The molecule has 0 aliphatic heterocycles. The van der Waals surface area contributed by atoms with Crippen LogP contribution in [-0.4, -0.2) is 38.3 Å². The highest BCUT2D eigenvalue weighted by Crippen LogP contribution is 2.27. The van der Waals surface area contributed by atoms with E-state index >= 15 is 0 Å². The Morgan fingerprint density at radius 3 is 1.81 bits per heavy atom. The van der Waals surface area contributed by atoms with E-state index in [2.05, 4.69) is 51.5 Å². The Kier molecular flexibility index (Phi) is 15.3. The average Bonchev–Trinajstić information content (AvgIpc) is 2.53. The molecule has 6 nitrogen and oxygen atoms in total. The van der Waals surface area contributed by atoms with Gasteiger partial charge in [-0.25, -0.2) is 19.6 Å². The van der Waals surface area contributed by atoms with Crippen molar-refractivity contribution in [2.24, 2.45) is 44.1 Å². The van der Waals surface area contributed by atoms with Crippen molar-refractivity contribution in [1.82, 2.24) is 0 Å². The van der Waals surface area contributed by atoms with Gasteiger partial charge in [-0.05, 0) is 61.4 Å². The van der Waals surface area contributed by atoms with Gasteiger partial charge in [-0.15, -0.1) is 0 Å². The Labute approximate surface area is 159 Å². The maximum absolute atomic E-state index is 10.00. The van der Waals surface area contributed by atoms with Crippen molar-refractivity contribution in [3.05, 3.63) is 0 Å². The molecule has 0 saturated carbocycles. The van der Waals surface area contributed by atoms with Gasteiger partial charge in [0, 0.05) is 0 Å². The molecule has 0 rings (SSSR count). The number of rotatable bonds is 12. The fourth-order valence-corrected chi connectivity index (χ4v) is 3.10. The van der Waals surface area contributed by atoms with Crippen LogP contribution in [0.3, 0.4) is 0 Å². The topological polar surface area (TPSA) is 111 Å². The van der Waals surface area contributed by atoms with Crippen LogP contribution in [-0.2, 0) is 9.59 Å². The van der Waals surface area contributed by atoms with Crippen LogP contribution in [0.5, 0.6) is 0 Å². The molecule has 0 heterocycles. The van der Waals surface area contributed by atoms with Crippen molar-refractivity contribution < 1.29 is 9.59 Å². The zero-order chi connectivity index (χ0) is 20.6. The molecule has 0 radical (unpaired) electrons. The molecular formula is C20H40N4O2. The van der Waals surface area contributed by atoms with Gasteiger partial charge in [0.15, 0.2) is 0 Å². The van der Waals surface area contributed by atoms with E-state index < -0.39 is 0 Å². The second-order valence-corrected chi connectivity index (χ2v) is 8.90. The Morgan fingerprint density at radius 1 is 0.846 bits per heavy atom. The molecule has 0 aromatic heterocycles. The van der Waals surface area contributed by atoms with Crippen LogP contribution in [0.1, 0.15) is 67.2 Å². The molecule has 0 aromatic rings. The molecule has 152 valence electrons. The lowest BCUT2D eigenvalue weighted by atomic mass is 9.82. The first-order valence-electron chi connectivity index (χ1n) is 9.51. The number of hydrogen-bond acceptors (Lipinski definition) is 6. The predicted octanol–water partition coefficient (Wildman–Crippen LogP) is 3.45. The lowest BCUT2D eigenvalue weighted by Crippen LogP contribution is -2.26. The zero-order valence-corrected chi connectivity index (χ0v) is 17.7. The molecule has 0 spiro atoms. The van der Waals surface area contributed by atoms with Crippen molar-refractivity contribution in [2.75, 3.05) is 26.2 Å². The molecule has 0 aliphatic carbocycles. The van der Waals surface area contributed by atoms with Gasteiger partial charge in [0.25, 0.3) is 0 Å². The van der Waals surface area contributed by atoms with Gasteiger partial charge in [0.2, 0.25) is 12.2 Å². The number of nitrogens with zero attached hydrogens (tertiary/aromatic N) is 2. The maximum atomic E-state index is 10.00. The minimum atomic E-state index is 0.00171. The van der Waals surface area contributed by atoms with Crippen LogP contribution in [0.4, 0.5) is 0 Å². The Bertz CT molecular complexity index is 451. The lowest BCUT2D eigenvalue weighted by Gasteiger charge is -2.25. The van der Waals surface area contributed by atoms with Gasteiger partial charge in [0.1, 0.15) is 0 Å². The van der Waals surface area contributed by atoms with Crippen molar-refractivity contribution in [3.8, 4) is 0 Å². The number of nitrogens with two attached hydrogens (primary N) is 2. The lowest BCUT2D eigenvalue weighted by molar-refractivity contribution is 0.279. The Morgan fingerprint density at radius 2 is 1.35 bits per heavy atom. The van der Waals surface area contributed by atoms with Crippen LogP contribution in [0.25, 0.3) is 0 Å². The van der Waals surface area contributed by atoms with Crippen molar-refractivity contribution in [2.45, 2.75) is 67.2 Å². The highest BCUT2D eigenvalue weighted by molar-refractivity contribution is 5.33. The number of hydrogen-bond donors (Lipinski definition) is 2. The molecule has 6 heteroatoms. The quantitative estimate of drug-likeness (QED) is 0.406. The van der Waals surface area contributed by atoms with E-state index in [9.17, 15) is 9.59 Å². The van der Waals surface area contributed by atoms with E-state index in [1.165, 1.54) is 12.5 Å². The highest BCUT2D eigenvalue weighted by atomic mass is 16.1. The minimum absolute atomic E-state index is 0.00171. The van der Waals surface area contributed by atoms with Crippen molar-refractivity contribution in [3.63, 3.8) is 0 Å². The van der Waals surface area contributed by atoms with Crippen LogP contribution < -0.4 is 11.5 Å². The van der Waals surface area contributed by atoms with Gasteiger partial charge in [-0.3, -0.25) is 0 Å². The summed E-state index contributed by atoms with van der Waals surface area (Å²) in [4.78, 5) is 27.0. The highest BCUT2D eigenvalue weighted by Gasteiger charge is 2.20. The molecule has 0 fully saturated rings. The van der Waals surface area contributed by atoms with E-state index in [1.54, 1.807) is 6.08 Å². The summed E-state index contributed by atoms with van der Waals surface area (Å²) in [6.45, 7) is 15.5. The second-order valence-electron chi connectivity index (χ2n) is 8.90. The summed E-state index contributed by atoms with van der Waals surface area (Å²) in [6, 6.07) is 0. The third-order valence-corrected chi connectivity index (χ3v) is 4.38. The number of aliphatic imine (C=N–C) groups is 2. The summed E-state index contributed by atoms with van der Waals surface area (Å²) < 4.78 is 0. The monoisotopic (exact) mass is 368 g/mol. The maximum Gasteiger partial charge on any atom is 0.234 e. The van der Waals surface area contributed by atoms with E-state index in [0.717, 1.165) is 32.4 Å². The molecule has 0 aliphatic rings. The third kappa shape index (κ3) is 17.5. The third-order valence-electron chi connectivity index (χ3n) is 4.38. The summed E-state index contributed by atoms with van der Waals surface area (Å²) in [6.07, 6.45) is 7.19. The van der Waals surface area contributed by atoms with Gasteiger partial charge in [-0.2, -0.15) is 0 Å². The Hall–Kier alpha value is -1.32. The summed E-state index contributed by atoms with van der Waals surface area (Å²) >= 11 is 0. The molecule has 4 N–H and O–H groups in total. The fourth-order valence-electron chi connectivity index (χ4n) is 3.10. The summed E-state index contributed by atoms with van der Waals surface area (Å²) in [5.74, 6) is 1.16. The SMILES string of the molecule is CC(CCN)CC(C)(C)CN.CC(CCN=C=O)CC(C)(C)CN=C=O. The van der Waals surface area contributed by atoms with Crippen LogP contribution in [0, 0.1) is 22.7 Å². The summed E-state index contributed by atoms with van der Waals surface area (Å²) in [5.41, 5.74) is 11.4. The predicted molar refractivity (Wildman–Crippen MR) is 108 cm³/mol. The number of carbonyl (C=O) groups excluding carboxylic acids is 2. The molecule has 0 aromatic carbocycles. The normalized spacial score (nSPS) is 13.5. The molecule has 0 saturated heterocycles. The molecule has 2 atom stereocenters. The van der Waals surface area contributed by atoms with Gasteiger partial charge in [-0.1, -0.05) is 41.5 Å². The molecule has 0 amide bonds. The van der Waals surface area contributed by atoms with Gasteiger partial charge in [0.05, 0.1) is 13.1 Å². The molecule has 2 unspecified atom stereocenters. The average molecular weight is 369 g/mol. The first kappa shape index (κ1) is 26.9. The summed E-state index contributed by atoms with van der Waals surface area (Å²) in [5, 5.41) is 0. The van der Waals surface area contributed by atoms with Gasteiger partial charge >= 0.3 is 0 Å². The summed E-state index contributed by atoms with van der Waals surface area (Å²) in [7, 11) is 0. The van der Waals surface area contributed by atoms with E-state index in [0.29, 0.717) is 24.9 Å². The zero-order valence-electron chi connectivity index (χ0n) is 17.7. The molecule has 0 bridgehead atoms. The minimum Gasteiger partial charge on any atom is -0.330 e. The Balaban J connectivity index is 0. The van der Waals surface area contributed by atoms with E-state index in [-0.39, 0.29) is 10.8 Å².